The van der Waals surface area contributed by atoms with Crippen molar-refractivity contribution in [3.05, 3.63) is 294 Å². The van der Waals surface area contributed by atoms with Crippen molar-refractivity contribution >= 4 is 60.2 Å². The summed E-state index contributed by atoms with van der Waals surface area (Å²) in [6.45, 7) is 0. The van der Waals surface area contributed by atoms with Gasteiger partial charge in [-0.25, -0.2) is 0 Å². The van der Waals surface area contributed by atoms with Crippen LogP contribution >= 0.6 is 0 Å². The molecule has 11 aromatic carbocycles. The van der Waals surface area contributed by atoms with Gasteiger partial charge in [-0.1, -0.05) is 243 Å². The Morgan fingerprint density at radius 1 is 0.167 bits per heavy atom. The fraction of sp³-hybridized carbons (Fsp3) is 0. The van der Waals surface area contributed by atoms with Crippen LogP contribution in [0.3, 0.4) is 0 Å². The van der Waals surface area contributed by atoms with Gasteiger partial charge in [-0.05, 0) is 145 Å². The molecule has 66 heavy (non-hydrogen) atoms. The third-order valence-electron chi connectivity index (χ3n) is 13.8. The van der Waals surface area contributed by atoms with E-state index in [4.69, 9.17) is 0 Å². The van der Waals surface area contributed by atoms with E-state index >= 15 is 0 Å². The van der Waals surface area contributed by atoms with Gasteiger partial charge in [0.25, 0.3) is 0 Å². The van der Waals surface area contributed by atoms with E-state index in [1.54, 1.807) is 0 Å². The van der Waals surface area contributed by atoms with E-state index < -0.39 is 0 Å². The summed E-state index contributed by atoms with van der Waals surface area (Å²) in [4.78, 5) is 0. The zero-order chi connectivity index (χ0) is 43.6. The highest BCUT2D eigenvalue weighted by molar-refractivity contribution is 6.42. The Balaban J connectivity index is 1.26. The lowest BCUT2D eigenvalue weighted by Crippen LogP contribution is -1.99. The lowest BCUT2D eigenvalue weighted by Gasteiger charge is -2.23. The van der Waals surface area contributed by atoms with Crippen LogP contribution < -0.4 is 0 Å². The molecule has 306 valence electrons. The van der Waals surface area contributed by atoms with Gasteiger partial charge in [0.05, 0.1) is 0 Å². The summed E-state index contributed by atoms with van der Waals surface area (Å²) in [7, 11) is 0. The molecule has 0 saturated carbocycles. The molecular formula is C66H42. The van der Waals surface area contributed by atoms with Crippen molar-refractivity contribution in [1.82, 2.24) is 0 Å². The maximum Gasteiger partial charge on any atom is -0.000115 e. The molecule has 13 rings (SSSR count). The zero-order valence-electron chi connectivity index (χ0n) is 36.2. The first kappa shape index (κ1) is 37.9. The molecule has 0 fully saturated rings. The van der Waals surface area contributed by atoms with Gasteiger partial charge in [-0.2, -0.15) is 0 Å². The fourth-order valence-corrected chi connectivity index (χ4v) is 11.1. The Labute approximate surface area is 385 Å². The first-order valence-electron chi connectivity index (χ1n) is 22.9. The van der Waals surface area contributed by atoms with E-state index in [0.717, 1.165) is 0 Å². The van der Waals surface area contributed by atoms with Crippen molar-refractivity contribution < 1.29 is 0 Å². The van der Waals surface area contributed by atoms with Crippen LogP contribution in [-0.4, -0.2) is 0 Å². The van der Waals surface area contributed by atoms with E-state index in [9.17, 15) is 0 Å². The molecule has 11 aromatic rings. The van der Waals surface area contributed by atoms with E-state index in [1.165, 1.54) is 133 Å². The maximum absolute atomic E-state index is 2.52. The Hall–Kier alpha value is -8.58. The first-order valence-corrected chi connectivity index (χ1v) is 22.9. The lowest BCUT2D eigenvalue weighted by atomic mass is 9.80. The summed E-state index contributed by atoms with van der Waals surface area (Å²) < 4.78 is 0. The molecular weight excluding hydrogens is 793 g/mol. The second-order valence-electron chi connectivity index (χ2n) is 17.4. The largest absolute Gasteiger partial charge is 0.0622 e. The summed E-state index contributed by atoms with van der Waals surface area (Å²) >= 11 is 0. The number of hydrogen-bond donors (Lipinski definition) is 0. The minimum absolute atomic E-state index is 1.20. The van der Waals surface area contributed by atoms with Gasteiger partial charge in [0, 0.05) is 0 Å². The van der Waals surface area contributed by atoms with Gasteiger partial charge in [0.15, 0.2) is 0 Å². The number of allylic oxidation sites excluding steroid dienone is 5. The van der Waals surface area contributed by atoms with Crippen LogP contribution in [0, 0.1) is 0 Å². The number of benzene rings is 11. The molecule has 2 aliphatic rings. The summed E-state index contributed by atoms with van der Waals surface area (Å²) in [6.07, 6.45) is 0. The maximum atomic E-state index is 2.52. The monoisotopic (exact) mass is 834 g/mol. The average Bonchev–Trinajstić information content (AvgIpc) is 3.91. The molecule has 0 heterocycles. The Morgan fingerprint density at radius 2 is 0.515 bits per heavy atom. The van der Waals surface area contributed by atoms with Gasteiger partial charge in [0.1, 0.15) is 0 Å². The molecule has 0 saturated heterocycles. The first-order chi connectivity index (χ1) is 32.8. The Bertz CT molecular complexity index is 3740. The average molecular weight is 835 g/mol. The third-order valence-corrected chi connectivity index (χ3v) is 13.8. The van der Waals surface area contributed by atoms with Crippen molar-refractivity contribution in [2.24, 2.45) is 0 Å². The smallest absolute Gasteiger partial charge is 0.000115 e. The number of fused-ring (bicyclic) bond motifs is 6. The molecule has 0 heteroatoms. The number of hydrogen-bond acceptors (Lipinski definition) is 0. The number of rotatable bonds is 7. The van der Waals surface area contributed by atoms with Gasteiger partial charge in [-0.3, -0.25) is 0 Å². The summed E-state index contributed by atoms with van der Waals surface area (Å²) in [5, 5.41) is 7.46. The third kappa shape index (κ3) is 5.93. The summed E-state index contributed by atoms with van der Waals surface area (Å²) in [5.74, 6) is 0. The van der Waals surface area contributed by atoms with E-state index in [-0.39, 0.29) is 0 Å². The van der Waals surface area contributed by atoms with Crippen LogP contribution in [-0.2, 0) is 0 Å². The van der Waals surface area contributed by atoms with E-state index in [2.05, 4.69) is 255 Å². The zero-order valence-corrected chi connectivity index (χ0v) is 36.2. The van der Waals surface area contributed by atoms with Crippen LogP contribution in [0.5, 0.6) is 0 Å². The molecule has 0 spiro atoms. The molecule has 0 aliphatic heterocycles. The van der Waals surface area contributed by atoms with Crippen LogP contribution in [0.2, 0.25) is 0 Å². The minimum Gasteiger partial charge on any atom is -0.0622 e. The predicted molar refractivity (Wildman–Crippen MR) is 281 cm³/mol. The highest BCUT2D eigenvalue weighted by Crippen LogP contribution is 2.64. The van der Waals surface area contributed by atoms with Crippen molar-refractivity contribution in [2.75, 3.05) is 0 Å². The molecule has 0 radical (unpaired) electrons. The molecule has 0 bridgehead atoms. The summed E-state index contributed by atoms with van der Waals surface area (Å²) in [5.41, 5.74) is 22.4. The quantitative estimate of drug-likeness (QED) is 0.140. The second-order valence-corrected chi connectivity index (χ2v) is 17.4. The van der Waals surface area contributed by atoms with Crippen molar-refractivity contribution in [1.29, 1.82) is 0 Å². The summed E-state index contributed by atoms with van der Waals surface area (Å²) in [6, 6.07) is 94.2. The predicted octanol–water partition coefficient (Wildman–Crippen LogP) is 17.5. The molecule has 0 atom stereocenters. The molecule has 0 amide bonds. The van der Waals surface area contributed by atoms with Gasteiger partial charge >= 0.3 is 0 Å². The van der Waals surface area contributed by atoms with E-state index in [1.807, 2.05) is 0 Å². The minimum atomic E-state index is 1.20. The second kappa shape index (κ2) is 15.6. The van der Waals surface area contributed by atoms with Gasteiger partial charge < -0.3 is 0 Å². The lowest BCUT2D eigenvalue weighted by molar-refractivity contribution is 1.52. The van der Waals surface area contributed by atoms with Crippen LogP contribution in [0.4, 0.5) is 0 Å². The molecule has 0 aromatic heterocycles. The van der Waals surface area contributed by atoms with E-state index in [0.29, 0.717) is 0 Å². The van der Waals surface area contributed by atoms with Crippen molar-refractivity contribution in [3.63, 3.8) is 0 Å². The molecule has 0 nitrogen and oxygen atoms in total. The van der Waals surface area contributed by atoms with Crippen molar-refractivity contribution in [3.8, 4) is 33.4 Å². The Morgan fingerprint density at radius 3 is 1.00 bits per heavy atom. The van der Waals surface area contributed by atoms with Gasteiger partial charge in [-0.15, -0.1) is 0 Å². The fourth-order valence-electron chi connectivity index (χ4n) is 11.1. The normalized spacial score (nSPS) is 13.3. The molecule has 0 unspecified atom stereocenters. The Kier molecular flexibility index (Phi) is 8.96. The van der Waals surface area contributed by atoms with Crippen molar-refractivity contribution in [2.45, 2.75) is 0 Å². The SMILES string of the molecule is c1ccc(C2=C(c3ccccc3)C(c3c4ccccc4c(-c4cccc5ccccc45)c4ccccc34)=C3C2=C(c2ccccc2)c2cc(-c4ccccc4)c(-c4ccccc4)cc23)cc1. The highest BCUT2D eigenvalue weighted by Gasteiger charge is 2.42. The van der Waals surface area contributed by atoms with Gasteiger partial charge in [0.2, 0.25) is 0 Å². The van der Waals surface area contributed by atoms with Crippen LogP contribution in [0.25, 0.3) is 93.6 Å². The molecule has 0 N–H and O–H groups in total. The highest BCUT2D eigenvalue weighted by atomic mass is 14.4. The van der Waals surface area contributed by atoms with Crippen LogP contribution in [0.15, 0.2) is 260 Å². The standard InChI is InChI=1S/C66H42/c1-6-23-44(24-7-1)55-41-57-58(42-56(55)45-25-8-2-9-26-45)64-65(59(57)46-28-10-3-11-29-46)60(47-30-12-4-13-31-47)61(48-32-14-5-15-33-48)66(64)63-53-38-20-18-36-51(53)62(52-37-19-21-39-54(52)63)50-40-22-34-43-27-16-17-35-49(43)50/h1-42H. The van der Waals surface area contributed by atoms with Crippen LogP contribution in [0.1, 0.15) is 33.4 Å². The topological polar surface area (TPSA) is 0 Å². The molecule has 2 aliphatic carbocycles.